The van der Waals surface area contributed by atoms with Gasteiger partial charge in [-0.2, -0.15) is 0 Å². The van der Waals surface area contributed by atoms with Crippen molar-refractivity contribution in [2.24, 2.45) is 0 Å². The molecule has 0 aliphatic carbocycles. The normalized spacial score (nSPS) is 22.3. The number of anilines is 2. The van der Waals surface area contributed by atoms with Crippen LogP contribution in [0.25, 0.3) is 0 Å². The SMILES string of the molecule is O=C(CC1COCCN1)Nc1ccccc1N1CCCC1. The number of hydrogen-bond donors (Lipinski definition) is 2. The van der Waals surface area contributed by atoms with E-state index in [1.165, 1.54) is 12.8 Å². The molecule has 2 saturated heterocycles. The molecule has 1 aromatic rings. The maximum Gasteiger partial charge on any atom is 0.226 e. The Labute approximate surface area is 125 Å². The first kappa shape index (κ1) is 14.4. The minimum absolute atomic E-state index is 0.0460. The summed E-state index contributed by atoms with van der Waals surface area (Å²) in [6.45, 7) is 4.31. The van der Waals surface area contributed by atoms with Crippen LogP contribution in [0.3, 0.4) is 0 Å². The van der Waals surface area contributed by atoms with Crippen LogP contribution in [0.2, 0.25) is 0 Å². The first-order chi connectivity index (χ1) is 10.3. The van der Waals surface area contributed by atoms with Crippen molar-refractivity contribution in [3.8, 4) is 0 Å². The highest BCUT2D eigenvalue weighted by Crippen LogP contribution is 2.28. The quantitative estimate of drug-likeness (QED) is 0.884. The molecule has 0 spiro atoms. The Morgan fingerprint density at radius 3 is 2.90 bits per heavy atom. The van der Waals surface area contributed by atoms with E-state index in [1.54, 1.807) is 0 Å². The van der Waals surface area contributed by atoms with Crippen LogP contribution in [-0.2, 0) is 9.53 Å². The highest BCUT2D eigenvalue weighted by molar-refractivity contribution is 5.94. The monoisotopic (exact) mass is 289 g/mol. The van der Waals surface area contributed by atoms with Crippen LogP contribution in [-0.4, -0.2) is 44.8 Å². The zero-order valence-corrected chi connectivity index (χ0v) is 12.3. The molecule has 0 radical (unpaired) electrons. The number of nitrogens with one attached hydrogen (secondary N) is 2. The summed E-state index contributed by atoms with van der Waals surface area (Å²) in [5.74, 6) is 0.0460. The van der Waals surface area contributed by atoms with Crippen LogP contribution in [0.5, 0.6) is 0 Å². The van der Waals surface area contributed by atoms with E-state index >= 15 is 0 Å². The van der Waals surface area contributed by atoms with Crippen molar-refractivity contribution in [3.05, 3.63) is 24.3 Å². The lowest BCUT2D eigenvalue weighted by Gasteiger charge is -2.24. The minimum atomic E-state index is 0.0460. The maximum atomic E-state index is 12.2. The summed E-state index contributed by atoms with van der Waals surface area (Å²) >= 11 is 0. The molecule has 1 amide bonds. The van der Waals surface area contributed by atoms with Crippen molar-refractivity contribution in [1.29, 1.82) is 0 Å². The second kappa shape index (κ2) is 6.91. The van der Waals surface area contributed by atoms with Gasteiger partial charge in [0.25, 0.3) is 0 Å². The largest absolute Gasteiger partial charge is 0.378 e. The standard InChI is InChI=1S/C16H23N3O2/c20-16(11-13-12-21-10-7-17-13)18-14-5-1-2-6-15(14)19-8-3-4-9-19/h1-2,5-6,13,17H,3-4,7-12H2,(H,18,20). The van der Waals surface area contributed by atoms with Gasteiger partial charge in [-0.1, -0.05) is 12.1 Å². The molecule has 114 valence electrons. The number of hydrogen-bond acceptors (Lipinski definition) is 4. The number of benzene rings is 1. The molecule has 21 heavy (non-hydrogen) atoms. The fourth-order valence-corrected chi connectivity index (χ4v) is 2.99. The third-order valence-corrected chi connectivity index (χ3v) is 4.06. The van der Waals surface area contributed by atoms with Crippen LogP contribution in [0.4, 0.5) is 11.4 Å². The summed E-state index contributed by atoms with van der Waals surface area (Å²) in [5.41, 5.74) is 2.05. The Morgan fingerprint density at radius 1 is 1.33 bits per heavy atom. The van der Waals surface area contributed by atoms with Gasteiger partial charge in [0.05, 0.1) is 24.6 Å². The van der Waals surface area contributed by atoms with Gasteiger partial charge in [0.2, 0.25) is 5.91 Å². The molecule has 3 rings (SSSR count). The van der Waals surface area contributed by atoms with Crippen molar-refractivity contribution in [2.45, 2.75) is 25.3 Å². The molecule has 5 heteroatoms. The van der Waals surface area contributed by atoms with Gasteiger partial charge in [0, 0.05) is 32.1 Å². The molecule has 2 N–H and O–H groups in total. The topological polar surface area (TPSA) is 53.6 Å². The number of rotatable bonds is 4. The van der Waals surface area contributed by atoms with Crippen molar-refractivity contribution >= 4 is 17.3 Å². The Kier molecular flexibility index (Phi) is 4.72. The summed E-state index contributed by atoms with van der Waals surface area (Å²) in [6, 6.07) is 8.19. The number of para-hydroxylation sites is 2. The second-order valence-corrected chi connectivity index (χ2v) is 5.69. The van der Waals surface area contributed by atoms with Crippen LogP contribution >= 0.6 is 0 Å². The lowest BCUT2D eigenvalue weighted by atomic mass is 10.1. The van der Waals surface area contributed by atoms with Gasteiger partial charge in [-0.15, -0.1) is 0 Å². The number of morpholine rings is 1. The van der Waals surface area contributed by atoms with Crippen LogP contribution in [0.15, 0.2) is 24.3 Å². The Balaban J connectivity index is 1.62. The molecule has 2 aliphatic rings. The maximum absolute atomic E-state index is 12.2. The number of carbonyl (C=O) groups excluding carboxylic acids is 1. The van der Waals surface area contributed by atoms with E-state index in [2.05, 4.69) is 21.6 Å². The molecule has 2 heterocycles. The summed E-state index contributed by atoms with van der Waals surface area (Å²) in [5, 5.41) is 6.37. The smallest absolute Gasteiger partial charge is 0.226 e. The molecule has 0 saturated carbocycles. The predicted octanol–water partition coefficient (Wildman–Crippen LogP) is 1.60. The van der Waals surface area contributed by atoms with E-state index in [0.717, 1.165) is 37.6 Å². The minimum Gasteiger partial charge on any atom is -0.378 e. The van der Waals surface area contributed by atoms with Crippen molar-refractivity contribution in [1.82, 2.24) is 5.32 Å². The van der Waals surface area contributed by atoms with Crippen molar-refractivity contribution in [2.75, 3.05) is 43.1 Å². The Hall–Kier alpha value is -1.59. The lowest BCUT2D eigenvalue weighted by Crippen LogP contribution is -2.43. The van der Waals surface area contributed by atoms with Gasteiger partial charge >= 0.3 is 0 Å². The van der Waals surface area contributed by atoms with Crippen molar-refractivity contribution in [3.63, 3.8) is 0 Å². The van der Waals surface area contributed by atoms with Gasteiger partial charge < -0.3 is 20.3 Å². The highest BCUT2D eigenvalue weighted by Gasteiger charge is 2.19. The van der Waals surface area contributed by atoms with Gasteiger partial charge in [-0.3, -0.25) is 4.79 Å². The average molecular weight is 289 g/mol. The molecule has 1 atom stereocenters. The summed E-state index contributed by atoms with van der Waals surface area (Å²) < 4.78 is 5.39. The Morgan fingerprint density at radius 2 is 2.14 bits per heavy atom. The van der Waals surface area contributed by atoms with Crippen molar-refractivity contribution < 1.29 is 9.53 Å². The zero-order valence-electron chi connectivity index (χ0n) is 12.3. The molecule has 0 aromatic heterocycles. The predicted molar refractivity (Wildman–Crippen MR) is 83.7 cm³/mol. The fraction of sp³-hybridized carbons (Fsp3) is 0.562. The lowest BCUT2D eigenvalue weighted by molar-refractivity contribution is -0.117. The van der Waals surface area contributed by atoms with E-state index in [4.69, 9.17) is 4.74 Å². The third-order valence-electron chi connectivity index (χ3n) is 4.06. The van der Waals surface area contributed by atoms with E-state index in [9.17, 15) is 4.79 Å². The highest BCUT2D eigenvalue weighted by atomic mass is 16.5. The second-order valence-electron chi connectivity index (χ2n) is 5.69. The number of amides is 1. The number of nitrogens with zero attached hydrogens (tertiary/aromatic N) is 1. The van der Waals surface area contributed by atoms with Crippen LogP contribution in [0, 0.1) is 0 Å². The van der Waals surface area contributed by atoms with Crippen LogP contribution < -0.4 is 15.5 Å². The molecular formula is C16H23N3O2. The molecule has 5 nitrogen and oxygen atoms in total. The molecule has 2 aliphatic heterocycles. The molecule has 1 aromatic carbocycles. The summed E-state index contributed by atoms with van der Waals surface area (Å²) in [6.07, 6.45) is 2.91. The molecule has 0 bridgehead atoms. The van der Waals surface area contributed by atoms with E-state index in [-0.39, 0.29) is 11.9 Å². The van der Waals surface area contributed by atoms with E-state index in [0.29, 0.717) is 13.0 Å². The summed E-state index contributed by atoms with van der Waals surface area (Å²) in [7, 11) is 0. The van der Waals surface area contributed by atoms with Gasteiger partial charge in [0.1, 0.15) is 0 Å². The third kappa shape index (κ3) is 3.74. The number of ether oxygens (including phenoxy) is 1. The molecule has 2 fully saturated rings. The average Bonchev–Trinajstić information content (AvgIpc) is 3.03. The van der Waals surface area contributed by atoms with Crippen LogP contribution in [0.1, 0.15) is 19.3 Å². The zero-order chi connectivity index (χ0) is 14.5. The Bertz CT molecular complexity index is 480. The number of carbonyl (C=O) groups is 1. The van der Waals surface area contributed by atoms with E-state index < -0.39 is 0 Å². The van der Waals surface area contributed by atoms with Gasteiger partial charge in [-0.05, 0) is 25.0 Å². The van der Waals surface area contributed by atoms with Gasteiger partial charge in [-0.25, -0.2) is 0 Å². The first-order valence-corrected chi connectivity index (χ1v) is 7.78. The van der Waals surface area contributed by atoms with E-state index in [1.807, 2.05) is 18.2 Å². The summed E-state index contributed by atoms with van der Waals surface area (Å²) in [4.78, 5) is 14.6. The molecular weight excluding hydrogens is 266 g/mol. The first-order valence-electron chi connectivity index (χ1n) is 7.78. The molecule has 1 unspecified atom stereocenters. The van der Waals surface area contributed by atoms with Gasteiger partial charge in [0.15, 0.2) is 0 Å². The fourth-order valence-electron chi connectivity index (χ4n) is 2.99.